The van der Waals surface area contributed by atoms with Crippen LogP contribution in [0.25, 0.3) is 0 Å². The van der Waals surface area contributed by atoms with E-state index >= 15 is 0 Å². The summed E-state index contributed by atoms with van der Waals surface area (Å²) in [6.07, 6.45) is 2.87. The van der Waals surface area contributed by atoms with Gasteiger partial charge in [0, 0.05) is 17.6 Å². The lowest BCUT2D eigenvalue weighted by atomic mass is 10.2. The standard InChI is InChI=1S/C13H18BrClN2O3S/c1-20-13-11(14)6-9(15)7-12(13)21(18,19)17-10-4-2-3-5-16-8-10/h6-7,10,16-17H,2-5,8H2,1H3. The number of hydrogen-bond donors (Lipinski definition) is 2. The van der Waals surface area contributed by atoms with Crippen molar-refractivity contribution in [2.24, 2.45) is 0 Å². The molecule has 5 nitrogen and oxygen atoms in total. The van der Waals surface area contributed by atoms with Crippen LogP contribution in [0.1, 0.15) is 19.3 Å². The molecule has 0 aromatic heterocycles. The van der Waals surface area contributed by atoms with Crippen LogP contribution in [0.3, 0.4) is 0 Å². The van der Waals surface area contributed by atoms with E-state index in [9.17, 15) is 8.42 Å². The fourth-order valence-corrected chi connectivity index (χ4v) is 4.99. The molecule has 0 saturated carbocycles. The minimum atomic E-state index is -3.69. The molecule has 8 heteroatoms. The first-order chi connectivity index (χ1) is 9.94. The fourth-order valence-electron chi connectivity index (χ4n) is 2.34. The molecule has 1 aliphatic rings. The molecular weight excluding hydrogens is 380 g/mol. The normalized spacial score (nSPS) is 20.0. The lowest BCUT2D eigenvalue weighted by Crippen LogP contribution is -2.40. The van der Waals surface area contributed by atoms with Crippen LogP contribution in [-0.4, -0.2) is 34.7 Å². The quantitative estimate of drug-likeness (QED) is 0.819. The molecule has 1 aromatic rings. The van der Waals surface area contributed by atoms with Gasteiger partial charge in [-0.3, -0.25) is 0 Å². The average Bonchev–Trinajstić information content (AvgIpc) is 2.66. The Morgan fingerprint density at radius 2 is 2.19 bits per heavy atom. The van der Waals surface area contributed by atoms with E-state index in [1.54, 1.807) is 6.07 Å². The van der Waals surface area contributed by atoms with Gasteiger partial charge < -0.3 is 10.1 Å². The molecule has 0 aliphatic carbocycles. The molecule has 2 N–H and O–H groups in total. The van der Waals surface area contributed by atoms with E-state index < -0.39 is 10.0 Å². The van der Waals surface area contributed by atoms with Crippen LogP contribution in [0.5, 0.6) is 5.75 Å². The molecule has 1 unspecified atom stereocenters. The fraction of sp³-hybridized carbons (Fsp3) is 0.538. The SMILES string of the molecule is COc1c(Br)cc(Cl)cc1S(=O)(=O)NC1CCCCNC1. The van der Waals surface area contributed by atoms with E-state index in [4.69, 9.17) is 16.3 Å². The van der Waals surface area contributed by atoms with Gasteiger partial charge in [0.2, 0.25) is 10.0 Å². The van der Waals surface area contributed by atoms with Crippen LogP contribution >= 0.6 is 27.5 Å². The van der Waals surface area contributed by atoms with E-state index in [1.807, 2.05) is 0 Å². The van der Waals surface area contributed by atoms with Gasteiger partial charge >= 0.3 is 0 Å². The molecule has 2 rings (SSSR count). The zero-order valence-corrected chi connectivity index (χ0v) is 14.8. The van der Waals surface area contributed by atoms with Gasteiger partial charge in [-0.15, -0.1) is 0 Å². The van der Waals surface area contributed by atoms with Crippen molar-refractivity contribution in [1.82, 2.24) is 10.0 Å². The summed E-state index contributed by atoms with van der Waals surface area (Å²) in [4.78, 5) is 0.0496. The van der Waals surface area contributed by atoms with Gasteiger partial charge in [-0.05, 0) is 47.4 Å². The maximum atomic E-state index is 12.6. The molecule has 1 fully saturated rings. The minimum Gasteiger partial charge on any atom is -0.494 e. The highest BCUT2D eigenvalue weighted by atomic mass is 79.9. The molecule has 21 heavy (non-hydrogen) atoms. The molecule has 1 atom stereocenters. The molecule has 1 saturated heterocycles. The van der Waals surface area contributed by atoms with Crippen molar-refractivity contribution < 1.29 is 13.2 Å². The van der Waals surface area contributed by atoms with E-state index in [1.165, 1.54) is 13.2 Å². The first kappa shape index (κ1) is 17.0. The van der Waals surface area contributed by atoms with Gasteiger partial charge in [-0.25, -0.2) is 13.1 Å². The van der Waals surface area contributed by atoms with Gasteiger partial charge in [0.25, 0.3) is 0 Å². The predicted molar refractivity (Wildman–Crippen MR) is 86.5 cm³/mol. The van der Waals surface area contributed by atoms with E-state index in [0.717, 1.165) is 25.8 Å². The summed E-state index contributed by atoms with van der Waals surface area (Å²) >= 11 is 9.24. The van der Waals surface area contributed by atoms with Crippen LogP contribution in [0, 0.1) is 0 Å². The van der Waals surface area contributed by atoms with Gasteiger partial charge in [0.05, 0.1) is 11.6 Å². The molecular formula is C13H18BrClN2O3S. The Morgan fingerprint density at radius 1 is 1.43 bits per heavy atom. The summed E-state index contributed by atoms with van der Waals surface area (Å²) in [6.45, 7) is 1.55. The van der Waals surface area contributed by atoms with Crippen LogP contribution < -0.4 is 14.8 Å². The second-order valence-corrected chi connectivity index (χ2v) is 7.91. The number of hydrogen-bond acceptors (Lipinski definition) is 4. The number of halogens is 2. The van der Waals surface area contributed by atoms with Gasteiger partial charge in [0.1, 0.15) is 4.90 Å². The van der Waals surface area contributed by atoms with Crippen molar-refractivity contribution in [1.29, 1.82) is 0 Å². The number of ether oxygens (including phenoxy) is 1. The topological polar surface area (TPSA) is 67.4 Å². The third kappa shape index (κ3) is 4.32. The molecule has 0 radical (unpaired) electrons. The highest BCUT2D eigenvalue weighted by Crippen LogP contribution is 2.35. The molecule has 1 aliphatic heterocycles. The van der Waals surface area contributed by atoms with Crippen LogP contribution in [0.4, 0.5) is 0 Å². The first-order valence-electron chi connectivity index (χ1n) is 6.70. The molecule has 0 amide bonds. The number of sulfonamides is 1. The number of methoxy groups -OCH3 is 1. The minimum absolute atomic E-state index is 0.0496. The van der Waals surface area contributed by atoms with E-state index in [2.05, 4.69) is 26.0 Å². The second kappa shape index (κ2) is 7.28. The summed E-state index contributed by atoms with van der Waals surface area (Å²) in [7, 11) is -2.26. The van der Waals surface area contributed by atoms with Crippen molar-refractivity contribution in [2.45, 2.75) is 30.2 Å². The lowest BCUT2D eigenvalue weighted by molar-refractivity contribution is 0.399. The van der Waals surface area contributed by atoms with Gasteiger partial charge in [-0.2, -0.15) is 0 Å². The van der Waals surface area contributed by atoms with Gasteiger partial charge in [0.15, 0.2) is 5.75 Å². The summed E-state index contributed by atoms with van der Waals surface area (Å²) < 4.78 is 33.6. The number of nitrogens with one attached hydrogen (secondary N) is 2. The monoisotopic (exact) mass is 396 g/mol. The Morgan fingerprint density at radius 3 is 2.90 bits per heavy atom. The van der Waals surface area contributed by atoms with Crippen molar-refractivity contribution in [3.8, 4) is 5.75 Å². The maximum absolute atomic E-state index is 12.6. The summed E-state index contributed by atoms with van der Waals surface area (Å²) in [5.41, 5.74) is 0. The number of rotatable bonds is 4. The third-order valence-electron chi connectivity index (χ3n) is 3.34. The van der Waals surface area contributed by atoms with Crippen molar-refractivity contribution in [3.63, 3.8) is 0 Å². The molecule has 118 valence electrons. The Balaban J connectivity index is 2.30. The van der Waals surface area contributed by atoms with Crippen molar-refractivity contribution in [3.05, 3.63) is 21.6 Å². The van der Waals surface area contributed by atoms with Crippen LogP contribution in [0.2, 0.25) is 5.02 Å². The summed E-state index contributed by atoms with van der Waals surface area (Å²) in [6, 6.07) is 2.88. The average molecular weight is 398 g/mol. The first-order valence-corrected chi connectivity index (χ1v) is 9.35. The van der Waals surface area contributed by atoms with Crippen molar-refractivity contribution >= 4 is 37.6 Å². The molecule has 0 spiro atoms. The van der Waals surface area contributed by atoms with Crippen LogP contribution in [0.15, 0.2) is 21.5 Å². The zero-order valence-electron chi connectivity index (χ0n) is 11.7. The molecule has 1 aromatic carbocycles. The van der Waals surface area contributed by atoms with E-state index in [0.29, 0.717) is 16.0 Å². The third-order valence-corrected chi connectivity index (χ3v) is 5.67. The zero-order chi connectivity index (χ0) is 15.5. The molecule has 1 heterocycles. The largest absolute Gasteiger partial charge is 0.494 e. The van der Waals surface area contributed by atoms with Gasteiger partial charge in [-0.1, -0.05) is 18.0 Å². The van der Waals surface area contributed by atoms with Crippen LogP contribution in [-0.2, 0) is 10.0 Å². The lowest BCUT2D eigenvalue weighted by Gasteiger charge is -2.18. The summed E-state index contributed by atoms with van der Waals surface area (Å²) in [5.74, 6) is 0.258. The highest BCUT2D eigenvalue weighted by molar-refractivity contribution is 9.10. The Labute approximate surface area is 138 Å². The second-order valence-electron chi connectivity index (χ2n) is 4.94. The Kier molecular flexibility index (Phi) is 5.90. The smallest absolute Gasteiger partial charge is 0.244 e. The van der Waals surface area contributed by atoms with E-state index in [-0.39, 0.29) is 16.7 Å². The Hall–Kier alpha value is -0.340. The predicted octanol–water partition coefficient (Wildman–Crippen LogP) is 2.53. The highest BCUT2D eigenvalue weighted by Gasteiger charge is 2.26. The van der Waals surface area contributed by atoms with Crippen molar-refractivity contribution in [2.75, 3.05) is 20.2 Å². The number of benzene rings is 1. The Bertz CT molecular complexity index is 602. The summed E-state index contributed by atoms with van der Waals surface area (Å²) in [5, 5.41) is 3.56. The molecule has 0 bridgehead atoms. The maximum Gasteiger partial charge on any atom is 0.244 e.